The Balaban J connectivity index is 2.40. The Kier molecular flexibility index (Phi) is 4.82. The van der Waals surface area contributed by atoms with Crippen molar-refractivity contribution >= 4 is 11.7 Å². The van der Waals surface area contributed by atoms with Gasteiger partial charge >= 0.3 is 0 Å². The number of rotatable bonds is 5. The average Bonchev–Trinajstić information content (AvgIpc) is 2.29. The van der Waals surface area contributed by atoms with E-state index in [0.717, 1.165) is 0 Å². The van der Waals surface area contributed by atoms with Gasteiger partial charge in [-0.15, -0.1) is 0 Å². The van der Waals surface area contributed by atoms with Crippen LogP contribution in [0, 0.1) is 5.82 Å². The molecule has 0 aliphatic rings. The van der Waals surface area contributed by atoms with Crippen LogP contribution >= 0.6 is 0 Å². The number of benzene rings is 1. The highest BCUT2D eigenvalue weighted by Crippen LogP contribution is 2.08. The zero-order valence-electron chi connectivity index (χ0n) is 10.1. The summed E-state index contributed by atoms with van der Waals surface area (Å²) >= 11 is 0. The maximum atomic E-state index is 12.6. The molecule has 0 heterocycles. The minimum absolute atomic E-state index is 0.0110. The lowest BCUT2D eigenvalue weighted by Crippen LogP contribution is -2.21. The molecule has 17 heavy (non-hydrogen) atoms. The number of carbonyl (C=O) groups is 2. The summed E-state index contributed by atoms with van der Waals surface area (Å²) in [7, 11) is 3.37. The third kappa shape index (κ3) is 4.34. The molecule has 0 bridgehead atoms. The second kappa shape index (κ2) is 6.13. The molecule has 92 valence electrons. The van der Waals surface area contributed by atoms with E-state index in [2.05, 4.69) is 0 Å². The molecule has 1 rings (SSSR count). The Hall–Kier alpha value is -1.71. The number of hydrogen-bond acceptors (Lipinski definition) is 2. The van der Waals surface area contributed by atoms with Crippen LogP contribution in [-0.4, -0.2) is 30.7 Å². The number of amides is 1. The van der Waals surface area contributed by atoms with Gasteiger partial charge in [-0.25, -0.2) is 4.39 Å². The first-order chi connectivity index (χ1) is 8.00. The highest BCUT2D eigenvalue weighted by Gasteiger charge is 2.08. The van der Waals surface area contributed by atoms with Crippen molar-refractivity contribution < 1.29 is 14.0 Å². The number of ketones is 1. The average molecular weight is 237 g/mol. The van der Waals surface area contributed by atoms with E-state index >= 15 is 0 Å². The SMILES string of the molecule is CN(C)C(=O)CCCC(=O)c1ccc(F)cc1. The molecule has 0 atom stereocenters. The van der Waals surface area contributed by atoms with Crippen molar-refractivity contribution in [1.29, 1.82) is 0 Å². The zero-order chi connectivity index (χ0) is 12.8. The number of halogens is 1. The van der Waals surface area contributed by atoms with E-state index < -0.39 is 0 Å². The summed E-state index contributed by atoms with van der Waals surface area (Å²) in [6.07, 6.45) is 1.19. The predicted molar refractivity (Wildman–Crippen MR) is 63.3 cm³/mol. The smallest absolute Gasteiger partial charge is 0.222 e. The second-order valence-electron chi connectivity index (χ2n) is 4.07. The van der Waals surface area contributed by atoms with Crippen LogP contribution < -0.4 is 0 Å². The molecule has 1 aromatic rings. The molecule has 0 aliphatic heterocycles. The number of carbonyl (C=O) groups excluding carboxylic acids is 2. The van der Waals surface area contributed by atoms with E-state index in [9.17, 15) is 14.0 Å². The summed E-state index contributed by atoms with van der Waals surface area (Å²) in [5.74, 6) is -0.405. The number of Topliss-reactive ketones (excluding diaryl/α,β-unsaturated/α-hetero) is 1. The summed E-state index contributed by atoms with van der Waals surface area (Å²) in [6.45, 7) is 0. The van der Waals surface area contributed by atoms with Gasteiger partial charge < -0.3 is 4.90 Å². The number of nitrogens with zero attached hydrogens (tertiary/aromatic N) is 1. The monoisotopic (exact) mass is 237 g/mol. The van der Waals surface area contributed by atoms with Crippen LogP contribution in [-0.2, 0) is 4.79 Å². The largest absolute Gasteiger partial charge is 0.349 e. The van der Waals surface area contributed by atoms with Crippen molar-refractivity contribution in [3.63, 3.8) is 0 Å². The Bertz CT molecular complexity index is 398. The minimum Gasteiger partial charge on any atom is -0.349 e. The van der Waals surface area contributed by atoms with E-state index in [1.54, 1.807) is 14.1 Å². The van der Waals surface area contributed by atoms with Gasteiger partial charge in [0.1, 0.15) is 5.82 Å². The van der Waals surface area contributed by atoms with Crippen molar-refractivity contribution in [3.8, 4) is 0 Å². The molecule has 0 saturated heterocycles. The van der Waals surface area contributed by atoms with Crippen molar-refractivity contribution in [2.45, 2.75) is 19.3 Å². The van der Waals surface area contributed by atoms with Gasteiger partial charge in [-0.05, 0) is 30.7 Å². The summed E-state index contributed by atoms with van der Waals surface area (Å²) < 4.78 is 12.6. The van der Waals surface area contributed by atoms with Crippen LogP contribution in [0.2, 0.25) is 0 Å². The maximum absolute atomic E-state index is 12.6. The highest BCUT2D eigenvalue weighted by atomic mass is 19.1. The Morgan fingerprint density at radius 2 is 1.71 bits per heavy atom. The van der Waals surface area contributed by atoms with Gasteiger partial charge in [0.15, 0.2) is 5.78 Å². The van der Waals surface area contributed by atoms with Crippen LogP contribution in [0.15, 0.2) is 24.3 Å². The molecule has 0 unspecified atom stereocenters. The zero-order valence-corrected chi connectivity index (χ0v) is 10.1. The normalized spacial score (nSPS) is 10.1. The third-order valence-electron chi connectivity index (χ3n) is 2.46. The Morgan fingerprint density at radius 1 is 1.12 bits per heavy atom. The summed E-state index contributed by atoms with van der Waals surface area (Å²) in [5.41, 5.74) is 0.490. The summed E-state index contributed by atoms with van der Waals surface area (Å²) in [4.78, 5) is 24.4. The maximum Gasteiger partial charge on any atom is 0.222 e. The predicted octanol–water partition coefficient (Wildman–Crippen LogP) is 2.27. The first-order valence-electron chi connectivity index (χ1n) is 5.49. The van der Waals surface area contributed by atoms with Crippen molar-refractivity contribution in [3.05, 3.63) is 35.6 Å². The molecule has 4 heteroatoms. The molecule has 0 aliphatic carbocycles. The Morgan fingerprint density at radius 3 is 2.24 bits per heavy atom. The minimum atomic E-state index is -0.357. The first kappa shape index (κ1) is 13.4. The molecule has 0 aromatic heterocycles. The molecule has 0 spiro atoms. The molecule has 1 aromatic carbocycles. The summed E-state index contributed by atoms with van der Waals surface area (Å²) in [6, 6.07) is 5.45. The summed E-state index contributed by atoms with van der Waals surface area (Å²) in [5, 5.41) is 0. The van der Waals surface area contributed by atoms with Crippen LogP contribution in [0.1, 0.15) is 29.6 Å². The van der Waals surface area contributed by atoms with Crippen LogP contribution in [0.5, 0.6) is 0 Å². The van der Waals surface area contributed by atoms with Crippen LogP contribution in [0.4, 0.5) is 4.39 Å². The van der Waals surface area contributed by atoms with E-state index in [1.807, 2.05) is 0 Å². The molecule has 0 fully saturated rings. The van der Waals surface area contributed by atoms with Gasteiger partial charge in [-0.2, -0.15) is 0 Å². The topological polar surface area (TPSA) is 37.4 Å². The van der Waals surface area contributed by atoms with Gasteiger partial charge in [0.2, 0.25) is 5.91 Å². The number of hydrogen-bond donors (Lipinski definition) is 0. The van der Waals surface area contributed by atoms with Gasteiger partial charge in [-0.1, -0.05) is 0 Å². The van der Waals surface area contributed by atoms with E-state index in [4.69, 9.17) is 0 Å². The lowest BCUT2D eigenvalue weighted by molar-refractivity contribution is -0.128. The Labute approximate surface area is 100 Å². The van der Waals surface area contributed by atoms with Gasteiger partial charge in [0.05, 0.1) is 0 Å². The van der Waals surface area contributed by atoms with Gasteiger partial charge in [-0.3, -0.25) is 9.59 Å². The van der Waals surface area contributed by atoms with Crippen molar-refractivity contribution in [2.75, 3.05) is 14.1 Å². The molecule has 0 N–H and O–H groups in total. The van der Waals surface area contributed by atoms with Crippen molar-refractivity contribution in [2.24, 2.45) is 0 Å². The molecule has 1 amide bonds. The quantitative estimate of drug-likeness (QED) is 0.737. The molecular weight excluding hydrogens is 221 g/mol. The molecule has 0 radical (unpaired) electrons. The lowest BCUT2D eigenvalue weighted by Gasteiger charge is -2.09. The van der Waals surface area contributed by atoms with Crippen LogP contribution in [0.25, 0.3) is 0 Å². The van der Waals surface area contributed by atoms with E-state index in [0.29, 0.717) is 24.8 Å². The molecular formula is C13H16FNO2. The van der Waals surface area contributed by atoms with E-state index in [1.165, 1.54) is 29.2 Å². The van der Waals surface area contributed by atoms with E-state index in [-0.39, 0.29) is 17.5 Å². The van der Waals surface area contributed by atoms with Crippen LogP contribution in [0.3, 0.4) is 0 Å². The van der Waals surface area contributed by atoms with Gasteiger partial charge in [0, 0.05) is 32.5 Å². The lowest BCUT2D eigenvalue weighted by atomic mass is 10.1. The fraction of sp³-hybridized carbons (Fsp3) is 0.385. The fourth-order valence-electron chi connectivity index (χ4n) is 1.40. The molecule has 0 saturated carbocycles. The highest BCUT2D eigenvalue weighted by molar-refractivity contribution is 5.96. The standard InChI is InChI=1S/C13H16FNO2/c1-15(2)13(17)5-3-4-12(16)10-6-8-11(14)9-7-10/h6-9H,3-5H2,1-2H3. The molecule has 3 nitrogen and oxygen atoms in total. The van der Waals surface area contributed by atoms with Gasteiger partial charge in [0.25, 0.3) is 0 Å². The van der Waals surface area contributed by atoms with Crippen molar-refractivity contribution in [1.82, 2.24) is 4.90 Å². The fourth-order valence-corrected chi connectivity index (χ4v) is 1.40. The second-order valence-corrected chi connectivity index (χ2v) is 4.07. The first-order valence-corrected chi connectivity index (χ1v) is 5.49. The third-order valence-corrected chi connectivity index (χ3v) is 2.46.